The average Bonchev–Trinajstić information content (AvgIpc) is 1.49. The third kappa shape index (κ3) is 23.3. The molecule has 4 aliphatic rings. The van der Waals surface area contributed by atoms with E-state index in [0.29, 0.717) is 87.3 Å². The smallest absolute Gasteiger partial charge is 0.545 e. The molecule has 2 aliphatic heterocycles. The maximum absolute atomic E-state index is 15.4. The van der Waals surface area contributed by atoms with Gasteiger partial charge in [0, 0.05) is 155 Å². The standard InChI is InChI=1S/2C30H29FN3O4P.2C12H8N2.2Cu.2NO3.6H2O/c2*31-26-17-24-27(34(21-11-12-21)19-25(29(24)35)30(36)37)18-28(26)33-15-13-32(14-16-33)20-39(38,22-7-3-1-4-8-22)23-9-5-2-6-10-23;2*1-3-9-5-6-10-4-2-8-14-12(10)11(9)13-7-1;;;2*2-1(3)4;;;;;;/h2*1-10,17-19,21H,11-16,20H2,(H,36,37);2*1-8H;;;;;6*1H2/q;;;;2*+2;2*-1;;;;;;/p-2. The third-order valence-corrected chi connectivity index (χ3v) is 26.3. The van der Waals surface area contributed by atoms with Crippen LogP contribution < -0.4 is 52.1 Å². The molecule has 8 aromatic carbocycles. The van der Waals surface area contributed by atoms with Gasteiger partial charge in [0.1, 0.15) is 11.6 Å². The Balaban J connectivity index is 0.000000296. The molecular weight excluding hydrogens is 1720 g/mol. The number of hydrogen-bond donors (Lipinski definition) is 0. The van der Waals surface area contributed by atoms with E-state index in [1.165, 1.54) is 12.4 Å². The van der Waals surface area contributed by atoms with Gasteiger partial charge in [0.25, 0.3) is 0 Å². The van der Waals surface area contributed by atoms with Crippen molar-refractivity contribution in [3.63, 3.8) is 0 Å². The van der Waals surface area contributed by atoms with Gasteiger partial charge >= 0.3 is 34.1 Å². The van der Waals surface area contributed by atoms with Crippen LogP contribution in [0.2, 0.25) is 0 Å². The number of aromatic carboxylic acids is 2. The van der Waals surface area contributed by atoms with Crippen molar-refractivity contribution in [2.24, 2.45) is 0 Å². The van der Waals surface area contributed by atoms with Gasteiger partial charge in [-0.3, -0.25) is 39.3 Å². The van der Waals surface area contributed by atoms with Crippen molar-refractivity contribution in [1.29, 1.82) is 0 Å². The summed E-state index contributed by atoms with van der Waals surface area (Å²) in [5.74, 6) is -4.24. The van der Waals surface area contributed by atoms with Gasteiger partial charge in [-0.2, -0.15) is 0 Å². The summed E-state index contributed by atoms with van der Waals surface area (Å²) in [6.07, 6.45) is 14.2. The van der Waals surface area contributed by atoms with E-state index in [1.54, 1.807) is 46.1 Å². The Morgan fingerprint density at radius 2 is 0.631 bits per heavy atom. The number of carbonyl (C=O) groups excluding carboxylic acids is 2. The SMILES string of the molecule is O.O.O.O.O.O.O=C([O-])c1cn(C2CC2)c2cc(N3CCN(CP(=O)(c4ccccc4)c4ccccc4)CC3)c(F)cc2c1=O.O=C([O-])c1cn(C2CC2)c2cc(N3CCN(CP(=O)(c4ccccc4)c4ccccc4)CC3)c(F)cc2c1=O.O=[N+]([O-])[O-].O=[N+]([O-])[O-].[Cu+2].[Cu+2].c1cnc2c(c1)ccc1cccnc12.c1cnc2c(c1)ccc1cccnc12. The van der Waals surface area contributed by atoms with Gasteiger partial charge in [0.2, 0.25) is 0 Å². The van der Waals surface area contributed by atoms with Crippen molar-refractivity contribution in [3.8, 4) is 0 Å². The number of carboxylic acids is 2. The van der Waals surface area contributed by atoms with Crippen LogP contribution in [0.1, 0.15) is 58.5 Å². The first-order valence-corrected chi connectivity index (χ1v) is 40.2. The molecule has 0 spiro atoms. The molecular formula is C84H84Cu2F2N12O20P2. The molecule has 14 aromatic rings. The molecule has 0 bridgehead atoms. The van der Waals surface area contributed by atoms with Crippen molar-refractivity contribution in [3.05, 3.63) is 329 Å². The molecule has 2 saturated carbocycles. The van der Waals surface area contributed by atoms with Crippen LogP contribution in [-0.4, -0.2) is 159 Å². The van der Waals surface area contributed by atoms with Gasteiger partial charge in [-0.05, 0) is 74.2 Å². The van der Waals surface area contributed by atoms with E-state index in [0.717, 1.165) is 103 Å². The molecule has 12 N–H and O–H groups in total. The van der Waals surface area contributed by atoms with E-state index in [-0.39, 0.29) is 89.9 Å². The van der Waals surface area contributed by atoms with Gasteiger partial charge in [-0.15, -0.1) is 0 Å². The second-order valence-corrected chi connectivity index (χ2v) is 33.0. The predicted octanol–water partition coefficient (Wildman–Crippen LogP) is 6.00. The van der Waals surface area contributed by atoms with Crippen LogP contribution >= 0.6 is 14.3 Å². The number of carbonyl (C=O) groups is 2. The quantitative estimate of drug-likeness (QED) is 0.0396. The van der Waals surface area contributed by atoms with Crippen molar-refractivity contribution >= 4 is 124 Å². The van der Waals surface area contributed by atoms with E-state index in [2.05, 4.69) is 78.3 Å². The number of rotatable bonds is 14. The first kappa shape index (κ1) is 100. The summed E-state index contributed by atoms with van der Waals surface area (Å²) >= 11 is 0. The molecule has 2 aliphatic carbocycles. The number of piperazine rings is 2. The molecule has 0 amide bonds. The zero-order valence-corrected chi connectivity index (χ0v) is 68.3. The fourth-order valence-corrected chi connectivity index (χ4v) is 19.8. The number of anilines is 2. The number of pyridine rings is 6. The first-order valence-electron chi connectivity index (χ1n) is 36.4. The Bertz CT molecular complexity index is 5580. The second kappa shape index (κ2) is 44.9. The van der Waals surface area contributed by atoms with Crippen molar-refractivity contribution in [2.45, 2.75) is 37.8 Å². The number of hydrogen-bond acceptors (Lipinski definition) is 22. The van der Waals surface area contributed by atoms with Crippen molar-refractivity contribution in [1.82, 2.24) is 38.9 Å². The van der Waals surface area contributed by atoms with Crippen molar-refractivity contribution < 1.29 is 115 Å². The number of fused-ring (bicyclic) bond motifs is 8. The minimum absolute atomic E-state index is 0. The first-order chi connectivity index (χ1) is 55.1. The van der Waals surface area contributed by atoms with E-state index in [4.69, 9.17) is 30.6 Å². The van der Waals surface area contributed by atoms with Crippen LogP contribution in [0.25, 0.3) is 65.4 Å². The predicted molar refractivity (Wildman–Crippen MR) is 455 cm³/mol. The Labute approximate surface area is 715 Å². The van der Waals surface area contributed by atoms with Gasteiger partial charge in [-0.25, -0.2) is 8.78 Å². The summed E-state index contributed by atoms with van der Waals surface area (Å²) in [6.45, 7) is 4.49. The van der Waals surface area contributed by atoms with Gasteiger partial charge < -0.3 is 111 Å². The minimum atomic E-state index is -2.91. The molecule has 6 aromatic heterocycles. The third-order valence-electron chi connectivity index (χ3n) is 20.1. The van der Waals surface area contributed by atoms with Gasteiger partial charge in [0.05, 0.1) is 90.3 Å². The van der Waals surface area contributed by atoms with E-state index in [9.17, 15) is 38.5 Å². The number of aromatic nitrogens is 6. The summed E-state index contributed by atoms with van der Waals surface area (Å²) < 4.78 is 63.2. The summed E-state index contributed by atoms with van der Waals surface area (Å²) in [5.41, 5.74) is 3.38. The Morgan fingerprint density at radius 1 is 0.385 bits per heavy atom. The van der Waals surface area contributed by atoms with Crippen LogP contribution in [0, 0.1) is 42.3 Å². The second-order valence-electron chi connectivity index (χ2n) is 27.4. The number of halogens is 2. The van der Waals surface area contributed by atoms with Crippen LogP contribution in [0.3, 0.4) is 0 Å². The fraction of sp³-hybridized carbons (Fsp3) is 0.190. The molecule has 2 saturated heterocycles. The normalized spacial score (nSPS) is 13.4. The topological polar surface area (TPSA) is 544 Å². The Hall–Kier alpha value is -12.2. The zero-order chi connectivity index (χ0) is 80.2. The van der Waals surface area contributed by atoms with Crippen LogP contribution in [0.15, 0.2) is 265 Å². The van der Waals surface area contributed by atoms with Gasteiger partial charge in [-0.1, -0.05) is 170 Å². The van der Waals surface area contributed by atoms with Crippen LogP contribution in [-0.2, 0) is 43.3 Å². The average molecular weight is 1810 g/mol. The number of nitrogens with zero attached hydrogens (tertiary/aromatic N) is 12. The maximum Gasteiger partial charge on any atom is 2.00 e. The van der Waals surface area contributed by atoms with Crippen molar-refractivity contribution in [2.75, 3.05) is 74.7 Å². The molecule has 122 heavy (non-hydrogen) atoms. The van der Waals surface area contributed by atoms with E-state index < -0.39 is 70.0 Å². The molecule has 32 nitrogen and oxygen atoms in total. The largest absolute Gasteiger partial charge is 2.00 e. The fourth-order valence-electron chi connectivity index (χ4n) is 14.3. The van der Waals surface area contributed by atoms with Gasteiger partial charge in [0.15, 0.2) is 25.1 Å². The van der Waals surface area contributed by atoms with Crippen LogP contribution in [0.4, 0.5) is 20.2 Å². The maximum atomic E-state index is 15.4. The number of carboxylic acid groups (broad SMARTS) is 2. The Morgan fingerprint density at radius 3 is 0.861 bits per heavy atom. The molecule has 8 heterocycles. The molecule has 2 radical (unpaired) electrons. The number of benzene rings is 8. The molecule has 18 rings (SSSR count). The molecule has 0 unspecified atom stereocenters. The molecule has 38 heteroatoms. The molecule has 4 fully saturated rings. The molecule has 646 valence electrons. The summed E-state index contributed by atoms with van der Waals surface area (Å²) in [5, 5.41) is 60.4. The zero-order valence-electron chi connectivity index (χ0n) is 64.6. The minimum Gasteiger partial charge on any atom is -0.545 e. The van der Waals surface area contributed by atoms with Crippen LogP contribution in [0.5, 0.6) is 0 Å². The summed E-state index contributed by atoms with van der Waals surface area (Å²) in [6, 6.07) is 68.3. The Kier molecular flexibility index (Phi) is 36.9. The summed E-state index contributed by atoms with van der Waals surface area (Å²) in [4.78, 5) is 90.7. The monoisotopic (exact) mass is 1810 g/mol. The summed E-state index contributed by atoms with van der Waals surface area (Å²) in [7, 11) is -5.83. The van der Waals surface area contributed by atoms with E-state index in [1.807, 2.05) is 155 Å². The van der Waals surface area contributed by atoms with E-state index >= 15 is 8.78 Å². The molecule has 0 atom stereocenters.